The van der Waals surface area contributed by atoms with E-state index in [0.717, 1.165) is 17.0 Å². The first-order chi connectivity index (χ1) is 10.6. The average Bonchev–Trinajstić information content (AvgIpc) is 2.85. The molecule has 2 rings (SSSR count). The van der Waals surface area contributed by atoms with Crippen LogP contribution in [0.4, 0.5) is 0 Å². The van der Waals surface area contributed by atoms with Crippen LogP contribution < -0.4 is 9.61 Å². The standard InChI is InChI=1S/C16H22N2O3S/c1-12-11-22-16(20)18(12)9-8-17(2)15(10-19)13-4-6-14(21-3)7-5-13/h4-7,11,15,19H,8-10H2,1-3H3. The Bertz CT molecular complexity index is 648. The Morgan fingerprint density at radius 3 is 2.55 bits per heavy atom. The predicted molar refractivity (Wildman–Crippen MR) is 88.8 cm³/mol. The van der Waals surface area contributed by atoms with Gasteiger partial charge in [-0.2, -0.15) is 0 Å². The van der Waals surface area contributed by atoms with E-state index in [1.54, 1.807) is 11.7 Å². The number of nitrogens with zero attached hydrogens (tertiary/aromatic N) is 2. The second-order valence-electron chi connectivity index (χ2n) is 5.25. The lowest BCUT2D eigenvalue weighted by Gasteiger charge is -2.27. The van der Waals surface area contributed by atoms with E-state index in [-0.39, 0.29) is 17.5 Å². The number of hydrogen-bond acceptors (Lipinski definition) is 5. The van der Waals surface area contributed by atoms with Crippen molar-refractivity contribution in [3.05, 3.63) is 50.6 Å². The first-order valence-electron chi connectivity index (χ1n) is 7.16. The topological polar surface area (TPSA) is 54.7 Å². The van der Waals surface area contributed by atoms with Crippen LogP contribution in [0.3, 0.4) is 0 Å². The Kier molecular flexibility index (Phi) is 5.76. The summed E-state index contributed by atoms with van der Waals surface area (Å²) in [5.41, 5.74) is 2.01. The van der Waals surface area contributed by atoms with Crippen LogP contribution in [-0.2, 0) is 6.54 Å². The molecule has 0 aliphatic rings. The molecule has 1 unspecified atom stereocenters. The highest BCUT2D eigenvalue weighted by molar-refractivity contribution is 7.07. The molecule has 0 saturated heterocycles. The summed E-state index contributed by atoms with van der Waals surface area (Å²) in [6.07, 6.45) is 0. The highest BCUT2D eigenvalue weighted by Crippen LogP contribution is 2.21. The van der Waals surface area contributed by atoms with Gasteiger partial charge in [-0.15, -0.1) is 0 Å². The van der Waals surface area contributed by atoms with Gasteiger partial charge in [0.1, 0.15) is 5.75 Å². The number of rotatable bonds is 7. The van der Waals surface area contributed by atoms with Crippen molar-refractivity contribution in [2.75, 3.05) is 27.3 Å². The summed E-state index contributed by atoms with van der Waals surface area (Å²) >= 11 is 1.22. The van der Waals surface area contributed by atoms with Crippen LogP contribution in [0, 0.1) is 6.92 Å². The molecule has 0 saturated carbocycles. The summed E-state index contributed by atoms with van der Waals surface area (Å²) in [6, 6.07) is 7.59. The van der Waals surface area contributed by atoms with E-state index in [0.29, 0.717) is 13.1 Å². The Balaban J connectivity index is 2.05. The monoisotopic (exact) mass is 322 g/mol. The normalized spacial score (nSPS) is 12.6. The minimum atomic E-state index is -0.0967. The molecular weight excluding hydrogens is 300 g/mol. The fourth-order valence-electron chi connectivity index (χ4n) is 2.41. The van der Waals surface area contributed by atoms with Gasteiger partial charge in [-0.05, 0) is 31.7 Å². The fourth-order valence-corrected chi connectivity index (χ4v) is 3.17. The first kappa shape index (κ1) is 16.7. The molecule has 0 bridgehead atoms. The van der Waals surface area contributed by atoms with Crippen molar-refractivity contribution < 1.29 is 9.84 Å². The third kappa shape index (κ3) is 3.76. The third-order valence-corrected chi connectivity index (χ3v) is 4.74. The quantitative estimate of drug-likeness (QED) is 0.846. The highest BCUT2D eigenvalue weighted by atomic mass is 32.1. The maximum Gasteiger partial charge on any atom is 0.307 e. The molecule has 1 aromatic heterocycles. The summed E-state index contributed by atoms with van der Waals surface area (Å²) in [4.78, 5) is 13.9. The van der Waals surface area contributed by atoms with Crippen molar-refractivity contribution in [1.29, 1.82) is 0 Å². The molecule has 1 heterocycles. The minimum Gasteiger partial charge on any atom is -0.497 e. The second-order valence-corrected chi connectivity index (χ2v) is 6.07. The number of aliphatic hydroxyl groups excluding tert-OH is 1. The number of aliphatic hydroxyl groups is 1. The van der Waals surface area contributed by atoms with Crippen molar-refractivity contribution in [2.24, 2.45) is 0 Å². The molecule has 0 amide bonds. The summed E-state index contributed by atoms with van der Waals surface area (Å²) < 4.78 is 6.92. The lowest BCUT2D eigenvalue weighted by molar-refractivity contribution is 0.144. The van der Waals surface area contributed by atoms with Crippen LogP contribution in [0.25, 0.3) is 0 Å². The van der Waals surface area contributed by atoms with Crippen molar-refractivity contribution >= 4 is 11.3 Å². The van der Waals surface area contributed by atoms with Crippen molar-refractivity contribution in [3.63, 3.8) is 0 Å². The van der Waals surface area contributed by atoms with Gasteiger partial charge in [-0.1, -0.05) is 23.5 Å². The third-order valence-electron chi connectivity index (χ3n) is 3.86. The molecule has 120 valence electrons. The Labute approximate surface area is 134 Å². The Hall–Kier alpha value is -1.63. The minimum absolute atomic E-state index is 0.0281. The number of benzene rings is 1. The average molecular weight is 322 g/mol. The van der Waals surface area contributed by atoms with Gasteiger partial charge >= 0.3 is 4.87 Å². The van der Waals surface area contributed by atoms with Gasteiger partial charge < -0.3 is 14.4 Å². The van der Waals surface area contributed by atoms with Crippen LogP contribution >= 0.6 is 11.3 Å². The van der Waals surface area contributed by atoms with Crippen molar-refractivity contribution in [1.82, 2.24) is 9.47 Å². The molecule has 1 N–H and O–H groups in total. The van der Waals surface area contributed by atoms with Gasteiger partial charge in [0, 0.05) is 24.2 Å². The van der Waals surface area contributed by atoms with E-state index >= 15 is 0 Å². The molecule has 0 spiro atoms. The van der Waals surface area contributed by atoms with Crippen LogP contribution in [0.15, 0.2) is 34.4 Å². The molecule has 22 heavy (non-hydrogen) atoms. The van der Waals surface area contributed by atoms with E-state index in [1.807, 2.05) is 43.6 Å². The van der Waals surface area contributed by atoms with Crippen LogP contribution in [0.2, 0.25) is 0 Å². The first-order valence-corrected chi connectivity index (χ1v) is 8.04. The number of thiazole rings is 1. The number of ether oxygens (including phenoxy) is 1. The Morgan fingerprint density at radius 1 is 1.36 bits per heavy atom. The fraction of sp³-hybridized carbons (Fsp3) is 0.438. The number of hydrogen-bond donors (Lipinski definition) is 1. The van der Waals surface area contributed by atoms with Crippen molar-refractivity contribution in [3.8, 4) is 5.75 Å². The zero-order valence-corrected chi connectivity index (χ0v) is 14.0. The van der Waals surface area contributed by atoms with E-state index in [1.165, 1.54) is 11.3 Å². The molecule has 0 aliphatic heterocycles. The number of aromatic nitrogens is 1. The maximum atomic E-state index is 11.7. The largest absolute Gasteiger partial charge is 0.497 e. The van der Waals surface area contributed by atoms with Gasteiger partial charge in [-0.25, -0.2) is 0 Å². The highest BCUT2D eigenvalue weighted by Gasteiger charge is 2.16. The molecule has 6 heteroatoms. The van der Waals surface area contributed by atoms with Crippen molar-refractivity contribution in [2.45, 2.75) is 19.5 Å². The van der Waals surface area contributed by atoms with Gasteiger partial charge in [-0.3, -0.25) is 9.69 Å². The SMILES string of the molecule is COc1ccc(C(CO)N(C)CCn2c(C)csc2=O)cc1. The lowest BCUT2D eigenvalue weighted by atomic mass is 10.1. The molecule has 0 fully saturated rings. The van der Waals surface area contributed by atoms with Crippen LogP contribution in [0.5, 0.6) is 5.75 Å². The zero-order valence-electron chi connectivity index (χ0n) is 13.2. The van der Waals surface area contributed by atoms with E-state index < -0.39 is 0 Å². The zero-order chi connectivity index (χ0) is 16.1. The summed E-state index contributed by atoms with van der Waals surface area (Å²) in [5, 5.41) is 11.6. The molecule has 2 aromatic rings. The lowest BCUT2D eigenvalue weighted by Crippen LogP contribution is -2.32. The van der Waals surface area contributed by atoms with E-state index in [9.17, 15) is 9.90 Å². The molecular formula is C16H22N2O3S. The smallest absolute Gasteiger partial charge is 0.307 e. The van der Waals surface area contributed by atoms with Gasteiger partial charge in [0.05, 0.1) is 19.8 Å². The van der Waals surface area contributed by atoms with E-state index in [4.69, 9.17) is 4.74 Å². The Morgan fingerprint density at radius 2 is 2.05 bits per heavy atom. The second kappa shape index (κ2) is 7.58. The number of aryl methyl sites for hydroxylation is 1. The molecule has 1 aromatic carbocycles. The summed E-state index contributed by atoms with van der Waals surface area (Å²) in [5.74, 6) is 0.795. The molecule has 1 atom stereocenters. The van der Waals surface area contributed by atoms with Gasteiger partial charge in [0.25, 0.3) is 0 Å². The molecule has 0 aliphatic carbocycles. The van der Waals surface area contributed by atoms with E-state index in [2.05, 4.69) is 4.90 Å². The number of likely N-dealkylation sites (N-methyl/N-ethyl adjacent to an activating group) is 1. The number of methoxy groups -OCH3 is 1. The van der Waals surface area contributed by atoms with Crippen LogP contribution in [0.1, 0.15) is 17.3 Å². The molecule has 5 nitrogen and oxygen atoms in total. The predicted octanol–water partition coefficient (Wildman–Crippen LogP) is 1.89. The van der Waals surface area contributed by atoms with Gasteiger partial charge in [0.2, 0.25) is 0 Å². The summed E-state index contributed by atoms with van der Waals surface area (Å²) in [7, 11) is 3.59. The van der Waals surface area contributed by atoms with Gasteiger partial charge in [0.15, 0.2) is 0 Å². The molecule has 0 radical (unpaired) electrons. The summed E-state index contributed by atoms with van der Waals surface area (Å²) in [6.45, 7) is 3.28. The van der Waals surface area contributed by atoms with Crippen LogP contribution in [-0.4, -0.2) is 41.9 Å². The maximum absolute atomic E-state index is 11.7.